The van der Waals surface area contributed by atoms with Crippen LogP contribution in [0.4, 0.5) is 4.39 Å². The van der Waals surface area contributed by atoms with Gasteiger partial charge in [-0.05, 0) is 18.2 Å². The van der Waals surface area contributed by atoms with Crippen molar-refractivity contribution in [3.63, 3.8) is 0 Å². The summed E-state index contributed by atoms with van der Waals surface area (Å²) in [6.45, 7) is 0.210. The molecule has 0 fully saturated rings. The number of nitrogens with zero attached hydrogens (tertiary/aromatic N) is 2. The molecule has 0 saturated heterocycles. The van der Waals surface area contributed by atoms with Gasteiger partial charge in [-0.1, -0.05) is 0 Å². The van der Waals surface area contributed by atoms with Crippen LogP contribution in [0.1, 0.15) is 12.0 Å². The molecule has 4 nitrogen and oxygen atoms in total. The molecular formula is C12H13FN2O2. The van der Waals surface area contributed by atoms with Crippen LogP contribution in [0, 0.1) is 17.1 Å². The van der Waals surface area contributed by atoms with Gasteiger partial charge in [-0.25, -0.2) is 4.39 Å². The number of methoxy groups -OCH3 is 1. The number of nitriles is 1. The van der Waals surface area contributed by atoms with Crippen molar-refractivity contribution in [3.05, 3.63) is 29.6 Å². The molecule has 1 aromatic rings. The minimum absolute atomic E-state index is 0.186. The Hall–Kier alpha value is -2.09. The van der Waals surface area contributed by atoms with E-state index in [1.165, 1.54) is 30.2 Å². The van der Waals surface area contributed by atoms with Crippen LogP contribution >= 0.6 is 0 Å². The zero-order chi connectivity index (χ0) is 12.8. The van der Waals surface area contributed by atoms with Crippen LogP contribution < -0.4 is 4.74 Å². The fourth-order valence-electron chi connectivity index (χ4n) is 1.42. The molecule has 0 unspecified atom stereocenters. The highest BCUT2D eigenvalue weighted by Crippen LogP contribution is 2.20. The largest absolute Gasteiger partial charge is 0.496 e. The first-order chi connectivity index (χ1) is 8.08. The van der Waals surface area contributed by atoms with E-state index in [0.29, 0.717) is 11.3 Å². The molecule has 0 bridgehead atoms. The summed E-state index contributed by atoms with van der Waals surface area (Å²) in [6, 6.07) is 5.89. The van der Waals surface area contributed by atoms with E-state index in [2.05, 4.69) is 0 Å². The van der Waals surface area contributed by atoms with Crippen molar-refractivity contribution in [3.8, 4) is 11.8 Å². The number of hydrogen-bond donors (Lipinski definition) is 0. The van der Waals surface area contributed by atoms with Crippen molar-refractivity contribution >= 4 is 5.91 Å². The summed E-state index contributed by atoms with van der Waals surface area (Å²) in [5.41, 5.74) is 0.571. The smallest absolute Gasteiger partial charge is 0.236 e. The summed E-state index contributed by atoms with van der Waals surface area (Å²) in [6.07, 6.45) is -0.186. The van der Waals surface area contributed by atoms with Crippen molar-refractivity contribution < 1.29 is 13.9 Å². The Morgan fingerprint density at radius 3 is 2.88 bits per heavy atom. The number of rotatable bonds is 4. The van der Waals surface area contributed by atoms with Gasteiger partial charge >= 0.3 is 0 Å². The Balaban J connectivity index is 2.84. The van der Waals surface area contributed by atoms with Crippen LogP contribution in [0.5, 0.6) is 5.75 Å². The van der Waals surface area contributed by atoms with E-state index in [1.54, 1.807) is 13.1 Å². The first kappa shape index (κ1) is 13.0. The molecule has 0 radical (unpaired) electrons. The van der Waals surface area contributed by atoms with E-state index in [4.69, 9.17) is 10.00 Å². The van der Waals surface area contributed by atoms with Gasteiger partial charge < -0.3 is 9.64 Å². The van der Waals surface area contributed by atoms with E-state index >= 15 is 0 Å². The Morgan fingerprint density at radius 1 is 1.59 bits per heavy atom. The van der Waals surface area contributed by atoms with Gasteiger partial charge in [0.25, 0.3) is 0 Å². The Bertz CT molecular complexity index is 454. The molecule has 1 aromatic carbocycles. The fraction of sp³-hybridized carbons (Fsp3) is 0.333. The third kappa shape index (κ3) is 3.45. The standard InChI is InChI=1S/C12H13FN2O2/c1-15(12(16)5-6-14)8-9-7-10(13)3-4-11(9)17-2/h3-4,7H,5,8H2,1-2H3. The second kappa shape index (κ2) is 5.85. The van der Waals surface area contributed by atoms with E-state index in [9.17, 15) is 9.18 Å². The fourth-order valence-corrected chi connectivity index (χ4v) is 1.42. The number of hydrogen-bond acceptors (Lipinski definition) is 3. The molecule has 0 spiro atoms. The number of amides is 1. The molecule has 0 aliphatic rings. The summed E-state index contributed by atoms with van der Waals surface area (Å²) < 4.78 is 18.1. The summed E-state index contributed by atoms with van der Waals surface area (Å²) in [5, 5.41) is 8.41. The van der Waals surface area contributed by atoms with E-state index in [-0.39, 0.29) is 24.7 Å². The molecule has 0 aliphatic carbocycles. The lowest BCUT2D eigenvalue weighted by molar-refractivity contribution is -0.129. The first-order valence-electron chi connectivity index (χ1n) is 5.01. The minimum Gasteiger partial charge on any atom is -0.496 e. The molecule has 0 heterocycles. The first-order valence-corrected chi connectivity index (χ1v) is 5.01. The predicted octanol–water partition coefficient (Wildman–Crippen LogP) is 1.71. The Kier molecular flexibility index (Phi) is 4.46. The van der Waals surface area contributed by atoms with Crippen LogP contribution in [0.2, 0.25) is 0 Å². The van der Waals surface area contributed by atoms with Crippen molar-refractivity contribution in [2.24, 2.45) is 0 Å². The normalized spacial score (nSPS) is 9.53. The average Bonchev–Trinajstić information content (AvgIpc) is 2.29. The highest BCUT2D eigenvalue weighted by Gasteiger charge is 2.12. The number of carbonyl (C=O) groups is 1. The van der Waals surface area contributed by atoms with E-state index in [1.807, 2.05) is 0 Å². The highest BCUT2D eigenvalue weighted by atomic mass is 19.1. The molecule has 0 atom stereocenters. The van der Waals surface area contributed by atoms with Crippen molar-refractivity contribution in [2.45, 2.75) is 13.0 Å². The molecule has 1 rings (SSSR count). The maximum absolute atomic E-state index is 13.1. The molecule has 90 valence electrons. The van der Waals surface area contributed by atoms with Gasteiger partial charge in [0.2, 0.25) is 5.91 Å². The maximum atomic E-state index is 13.1. The van der Waals surface area contributed by atoms with Gasteiger partial charge in [0, 0.05) is 19.2 Å². The number of benzene rings is 1. The zero-order valence-electron chi connectivity index (χ0n) is 9.74. The van der Waals surface area contributed by atoms with Gasteiger partial charge in [0.1, 0.15) is 18.0 Å². The van der Waals surface area contributed by atoms with E-state index < -0.39 is 0 Å². The molecule has 0 N–H and O–H groups in total. The van der Waals surface area contributed by atoms with Crippen LogP contribution in [0.3, 0.4) is 0 Å². The predicted molar refractivity (Wildman–Crippen MR) is 59.7 cm³/mol. The van der Waals surface area contributed by atoms with Gasteiger partial charge in [-0.15, -0.1) is 0 Å². The second-order valence-corrected chi connectivity index (χ2v) is 3.54. The molecule has 1 amide bonds. The van der Waals surface area contributed by atoms with Crippen LogP contribution in [0.15, 0.2) is 18.2 Å². The van der Waals surface area contributed by atoms with Gasteiger partial charge in [-0.3, -0.25) is 4.79 Å². The SMILES string of the molecule is COc1ccc(F)cc1CN(C)C(=O)CC#N. The third-order valence-electron chi connectivity index (χ3n) is 2.31. The van der Waals surface area contributed by atoms with Gasteiger partial charge in [0.05, 0.1) is 13.2 Å². The summed E-state index contributed by atoms with van der Waals surface area (Å²) in [7, 11) is 3.04. The van der Waals surface area contributed by atoms with Crippen molar-refractivity contribution in [1.82, 2.24) is 4.90 Å². The monoisotopic (exact) mass is 236 g/mol. The molecule has 0 aromatic heterocycles. The zero-order valence-corrected chi connectivity index (χ0v) is 9.74. The Morgan fingerprint density at radius 2 is 2.29 bits per heavy atom. The topological polar surface area (TPSA) is 53.3 Å². The molecular weight excluding hydrogens is 223 g/mol. The molecule has 0 aliphatic heterocycles. The molecule has 5 heteroatoms. The van der Waals surface area contributed by atoms with Crippen molar-refractivity contribution in [1.29, 1.82) is 5.26 Å². The van der Waals surface area contributed by atoms with Gasteiger partial charge in [0.15, 0.2) is 0 Å². The minimum atomic E-state index is -0.387. The second-order valence-electron chi connectivity index (χ2n) is 3.54. The summed E-state index contributed by atoms with van der Waals surface area (Å²) >= 11 is 0. The molecule has 0 saturated carbocycles. The lowest BCUT2D eigenvalue weighted by Crippen LogP contribution is -2.25. The quantitative estimate of drug-likeness (QED) is 0.799. The third-order valence-corrected chi connectivity index (χ3v) is 2.31. The Labute approximate surface area is 99.2 Å². The number of carbonyl (C=O) groups excluding carboxylic acids is 1. The number of ether oxygens (including phenoxy) is 1. The lowest BCUT2D eigenvalue weighted by Gasteiger charge is -2.17. The highest BCUT2D eigenvalue weighted by molar-refractivity contribution is 5.78. The summed E-state index contributed by atoms with van der Waals surface area (Å²) in [4.78, 5) is 12.8. The van der Waals surface area contributed by atoms with Crippen LogP contribution in [0.25, 0.3) is 0 Å². The maximum Gasteiger partial charge on any atom is 0.236 e. The summed E-state index contributed by atoms with van der Waals surface area (Å²) in [5.74, 6) is -0.177. The molecule has 17 heavy (non-hydrogen) atoms. The van der Waals surface area contributed by atoms with Crippen LogP contribution in [-0.2, 0) is 11.3 Å². The van der Waals surface area contributed by atoms with Crippen LogP contribution in [-0.4, -0.2) is 25.0 Å². The average molecular weight is 236 g/mol. The van der Waals surface area contributed by atoms with E-state index in [0.717, 1.165) is 0 Å². The van der Waals surface area contributed by atoms with Gasteiger partial charge in [-0.2, -0.15) is 5.26 Å². The lowest BCUT2D eigenvalue weighted by atomic mass is 10.2. The van der Waals surface area contributed by atoms with Crippen molar-refractivity contribution in [2.75, 3.05) is 14.2 Å². The number of halogens is 1.